The average Bonchev–Trinajstić information content (AvgIpc) is 3.26. The number of ether oxygens (including phenoxy) is 2. The van der Waals surface area contributed by atoms with E-state index in [0.717, 1.165) is 17.7 Å². The highest BCUT2D eigenvalue weighted by molar-refractivity contribution is 6.32. The van der Waals surface area contributed by atoms with Gasteiger partial charge in [-0.1, -0.05) is 48.0 Å². The van der Waals surface area contributed by atoms with E-state index in [1.54, 1.807) is 35.2 Å². The number of carbonyl (C=O) groups is 1. The van der Waals surface area contributed by atoms with Gasteiger partial charge in [0.25, 0.3) is 5.91 Å². The van der Waals surface area contributed by atoms with Crippen molar-refractivity contribution in [2.75, 3.05) is 18.6 Å². The molecule has 0 fully saturated rings. The fraction of sp³-hybridized carbons (Fsp3) is 0.154. The lowest BCUT2D eigenvalue weighted by Crippen LogP contribution is -2.29. The molecule has 0 saturated heterocycles. The fourth-order valence-electron chi connectivity index (χ4n) is 3.73. The summed E-state index contributed by atoms with van der Waals surface area (Å²) >= 11 is 6.41. The number of nitrogens with zero attached hydrogens (tertiary/aromatic N) is 2. The van der Waals surface area contributed by atoms with Gasteiger partial charge in [-0.2, -0.15) is 5.26 Å². The van der Waals surface area contributed by atoms with E-state index < -0.39 is 0 Å². The minimum absolute atomic E-state index is 0.0233. The van der Waals surface area contributed by atoms with E-state index in [9.17, 15) is 14.4 Å². The van der Waals surface area contributed by atoms with E-state index in [1.807, 2.05) is 30.3 Å². The van der Waals surface area contributed by atoms with Gasteiger partial charge in [-0.15, -0.1) is 0 Å². The first-order valence-electron chi connectivity index (χ1n) is 10.3. The summed E-state index contributed by atoms with van der Waals surface area (Å²) in [5, 5.41) is 9.88. The van der Waals surface area contributed by atoms with Crippen molar-refractivity contribution in [3.8, 4) is 17.6 Å². The van der Waals surface area contributed by atoms with Crippen molar-refractivity contribution in [3.63, 3.8) is 0 Å². The third-order valence-corrected chi connectivity index (χ3v) is 5.66. The summed E-state index contributed by atoms with van der Waals surface area (Å²) in [5.41, 5.74) is 2.75. The lowest BCUT2D eigenvalue weighted by Gasteiger charge is -2.17. The third kappa shape index (κ3) is 4.69. The maximum atomic E-state index is 13.9. The highest BCUT2D eigenvalue weighted by Crippen LogP contribution is 2.38. The van der Waals surface area contributed by atoms with Crippen LogP contribution in [0.4, 0.5) is 10.1 Å². The topological polar surface area (TPSA) is 62.6 Å². The number of methoxy groups -OCH3 is 1. The molecule has 1 aliphatic rings. The minimum atomic E-state index is -0.382. The van der Waals surface area contributed by atoms with Crippen LogP contribution in [0.25, 0.3) is 6.08 Å². The molecule has 3 aromatic carbocycles. The van der Waals surface area contributed by atoms with Crippen LogP contribution in [0.15, 0.2) is 66.2 Å². The zero-order valence-electron chi connectivity index (χ0n) is 17.8. The SMILES string of the molecule is COc1cc(/C=C(\C#N)C(=O)N2CCc3ccccc32)cc(Cl)c1OCc1ccccc1F. The Morgan fingerprint density at radius 3 is 2.73 bits per heavy atom. The second kappa shape index (κ2) is 9.76. The molecule has 0 bridgehead atoms. The van der Waals surface area contributed by atoms with Crippen LogP contribution >= 0.6 is 11.6 Å². The largest absolute Gasteiger partial charge is 0.493 e. The molecule has 0 aliphatic carbocycles. The third-order valence-electron chi connectivity index (χ3n) is 5.38. The zero-order chi connectivity index (χ0) is 23.4. The predicted octanol–water partition coefficient (Wildman–Crippen LogP) is 5.56. The van der Waals surface area contributed by atoms with E-state index in [0.29, 0.717) is 23.4 Å². The molecule has 166 valence electrons. The number of amides is 1. The Hall–Kier alpha value is -3.82. The number of para-hydroxylation sites is 1. The number of hydrogen-bond donors (Lipinski definition) is 0. The quantitative estimate of drug-likeness (QED) is 0.355. The van der Waals surface area contributed by atoms with E-state index in [2.05, 4.69) is 0 Å². The highest BCUT2D eigenvalue weighted by Gasteiger charge is 2.26. The first-order chi connectivity index (χ1) is 16.0. The van der Waals surface area contributed by atoms with Gasteiger partial charge in [0.2, 0.25) is 0 Å². The molecule has 0 atom stereocenters. The maximum Gasteiger partial charge on any atom is 0.268 e. The van der Waals surface area contributed by atoms with E-state index in [4.69, 9.17) is 21.1 Å². The summed E-state index contributed by atoms with van der Waals surface area (Å²) in [6, 6.07) is 19.1. The average molecular weight is 463 g/mol. The van der Waals surface area contributed by atoms with Crippen LogP contribution in [-0.2, 0) is 17.8 Å². The lowest BCUT2D eigenvalue weighted by molar-refractivity contribution is -0.114. The number of carbonyl (C=O) groups excluding carboxylic acids is 1. The highest BCUT2D eigenvalue weighted by atomic mass is 35.5. The summed E-state index contributed by atoms with van der Waals surface area (Å²) in [5.74, 6) is -0.204. The molecule has 0 unspecified atom stereocenters. The Labute approximate surface area is 196 Å². The number of hydrogen-bond acceptors (Lipinski definition) is 4. The van der Waals surface area contributed by atoms with Crippen molar-refractivity contribution in [1.82, 2.24) is 0 Å². The first kappa shape index (κ1) is 22.4. The van der Waals surface area contributed by atoms with Crippen molar-refractivity contribution < 1.29 is 18.7 Å². The second-order valence-corrected chi connectivity index (χ2v) is 7.83. The molecule has 1 amide bonds. The minimum Gasteiger partial charge on any atom is -0.493 e. The molecule has 33 heavy (non-hydrogen) atoms. The summed E-state index contributed by atoms with van der Waals surface area (Å²) in [6.07, 6.45) is 2.21. The van der Waals surface area contributed by atoms with E-state index >= 15 is 0 Å². The predicted molar refractivity (Wildman–Crippen MR) is 125 cm³/mol. The smallest absolute Gasteiger partial charge is 0.268 e. The molecule has 5 nitrogen and oxygen atoms in total. The Kier molecular flexibility index (Phi) is 6.62. The van der Waals surface area contributed by atoms with Crippen LogP contribution in [0.5, 0.6) is 11.5 Å². The van der Waals surface area contributed by atoms with Crippen molar-refractivity contribution in [2.45, 2.75) is 13.0 Å². The molecule has 0 saturated carbocycles. The monoisotopic (exact) mass is 462 g/mol. The van der Waals surface area contributed by atoms with Crippen LogP contribution in [0.1, 0.15) is 16.7 Å². The van der Waals surface area contributed by atoms with Gasteiger partial charge in [-0.25, -0.2) is 4.39 Å². The van der Waals surface area contributed by atoms with Crippen LogP contribution in [0.3, 0.4) is 0 Å². The molecule has 0 N–H and O–H groups in total. The Balaban J connectivity index is 1.59. The number of rotatable bonds is 6. The summed E-state index contributed by atoms with van der Waals surface area (Å²) in [4.78, 5) is 14.7. The van der Waals surface area contributed by atoms with E-state index in [-0.39, 0.29) is 34.7 Å². The Bertz CT molecular complexity index is 1280. The second-order valence-electron chi connectivity index (χ2n) is 7.42. The molecule has 7 heteroatoms. The normalized spacial score (nSPS) is 12.8. The summed E-state index contributed by atoms with van der Waals surface area (Å²) in [7, 11) is 1.45. The van der Waals surface area contributed by atoms with Gasteiger partial charge in [0.1, 0.15) is 24.1 Å². The van der Waals surface area contributed by atoms with Gasteiger partial charge in [0.15, 0.2) is 11.5 Å². The summed E-state index contributed by atoms with van der Waals surface area (Å²) < 4.78 is 25.0. The standard InChI is InChI=1S/C26H20ClFN2O3/c1-32-24-14-17(13-21(27)25(24)33-16-19-7-2-4-8-22(19)28)12-20(15-29)26(31)30-11-10-18-6-3-5-9-23(18)30/h2-9,12-14H,10-11,16H2,1H3/b20-12+. The van der Waals surface area contributed by atoms with Gasteiger partial charge >= 0.3 is 0 Å². The van der Waals surface area contributed by atoms with Crippen LogP contribution in [-0.4, -0.2) is 19.6 Å². The molecule has 4 rings (SSSR count). The Morgan fingerprint density at radius 2 is 1.97 bits per heavy atom. The van der Waals surface area contributed by atoms with Gasteiger partial charge < -0.3 is 14.4 Å². The molecule has 3 aromatic rings. The number of nitriles is 1. The molecular weight excluding hydrogens is 443 g/mol. The van der Waals surface area contributed by atoms with Crippen LogP contribution < -0.4 is 14.4 Å². The Morgan fingerprint density at radius 1 is 1.21 bits per heavy atom. The van der Waals surface area contributed by atoms with Gasteiger partial charge in [0.05, 0.1) is 12.1 Å². The molecule has 0 spiro atoms. The number of anilines is 1. The van der Waals surface area contributed by atoms with Gasteiger partial charge in [-0.3, -0.25) is 4.79 Å². The molecule has 0 radical (unpaired) electrons. The molecule has 1 aliphatic heterocycles. The number of fused-ring (bicyclic) bond motifs is 1. The molecule has 1 heterocycles. The number of halogens is 2. The zero-order valence-corrected chi connectivity index (χ0v) is 18.6. The van der Waals surface area contributed by atoms with Crippen molar-refractivity contribution in [2.24, 2.45) is 0 Å². The van der Waals surface area contributed by atoms with Gasteiger partial charge in [0, 0.05) is 17.8 Å². The van der Waals surface area contributed by atoms with E-state index in [1.165, 1.54) is 19.3 Å². The summed E-state index contributed by atoms with van der Waals surface area (Å²) in [6.45, 7) is 0.484. The molecular formula is C26H20ClFN2O3. The van der Waals surface area contributed by atoms with Crippen LogP contribution in [0, 0.1) is 17.1 Å². The van der Waals surface area contributed by atoms with Crippen molar-refractivity contribution in [1.29, 1.82) is 5.26 Å². The first-order valence-corrected chi connectivity index (χ1v) is 10.6. The molecule has 0 aromatic heterocycles. The van der Waals surface area contributed by atoms with Crippen LogP contribution in [0.2, 0.25) is 5.02 Å². The van der Waals surface area contributed by atoms with Crippen molar-refractivity contribution >= 4 is 29.3 Å². The van der Waals surface area contributed by atoms with Gasteiger partial charge in [-0.05, 0) is 47.9 Å². The lowest BCUT2D eigenvalue weighted by atomic mass is 10.1. The van der Waals surface area contributed by atoms with Crippen molar-refractivity contribution in [3.05, 3.63) is 93.8 Å². The number of benzene rings is 3. The maximum absolute atomic E-state index is 13.9. The fourth-order valence-corrected chi connectivity index (χ4v) is 4.01.